The number of alkyl halides is 1. The first-order valence-corrected chi connectivity index (χ1v) is 6.95. The summed E-state index contributed by atoms with van der Waals surface area (Å²) in [5.41, 5.74) is -0.178. The summed E-state index contributed by atoms with van der Waals surface area (Å²) < 4.78 is 26.6. The van der Waals surface area contributed by atoms with E-state index in [1.807, 2.05) is 6.92 Å². The Morgan fingerprint density at radius 1 is 1.39 bits per heavy atom. The molecular weight excluding hydrogens is 304 g/mol. The number of hydrogen-bond donors (Lipinski definition) is 1. The van der Waals surface area contributed by atoms with Gasteiger partial charge in [-0.25, -0.2) is 8.78 Å². The largest absolute Gasteiger partial charge is 0.353 e. The van der Waals surface area contributed by atoms with Gasteiger partial charge in [-0.2, -0.15) is 0 Å². The quantitative estimate of drug-likeness (QED) is 0.802. The maximum Gasteiger partial charge on any atom is 0.224 e. The highest BCUT2D eigenvalue weighted by atomic mass is 79.9. The van der Waals surface area contributed by atoms with Gasteiger partial charge in [0.1, 0.15) is 11.6 Å². The van der Waals surface area contributed by atoms with E-state index in [1.165, 1.54) is 6.07 Å². The molecule has 0 aliphatic heterocycles. The summed E-state index contributed by atoms with van der Waals surface area (Å²) in [7, 11) is 0. The zero-order chi connectivity index (χ0) is 13.5. The third-order valence-electron chi connectivity index (χ3n) is 2.58. The van der Waals surface area contributed by atoms with E-state index in [0.29, 0.717) is 0 Å². The van der Waals surface area contributed by atoms with E-state index < -0.39 is 11.6 Å². The molecule has 0 spiro atoms. The Balaban J connectivity index is 2.54. The van der Waals surface area contributed by atoms with Crippen molar-refractivity contribution < 1.29 is 13.6 Å². The summed E-state index contributed by atoms with van der Waals surface area (Å²) in [5, 5.41) is 3.59. The average molecular weight is 320 g/mol. The highest BCUT2D eigenvalue weighted by molar-refractivity contribution is 9.09. The molecule has 1 atom stereocenters. The van der Waals surface area contributed by atoms with E-state index in [2.05, 4.69) is 21.2 Å². The highest BCUT2D eigenvalue weighted by Crippen LogP contribution is 2.12. The van der Waals surface area contributed by atoms with Gasteiger partial charge in [0.2, 0.25) is 5.91 Å². The minimum atomic E-state index is -0.682. The smallest absolute Gasteiger partial charge is 0.224 e. The maximum atomic E-state index is 13.3. The van der Waals surface area contributed by atoms with Gasteiger partial charge in [-0.15, -0.1) is 0 Å². The van der Waals surface area contributed by atoms with E-state index in [-0.39, 0.29) is 23.9 Å². The number of benzene rings is 1. The summed E-state index contributed by atoms with van der Waals surface area (Å²) >= 11 is 3.31. The van der Waals surface area contributed by atoms with Crippen LogP contribution in [0.4, 0.5) is 8.78 Å². The third kappa shape index (κ3) is 4.72. The lowest BCUT2D eigenvalue weighted by molar-refractivity contribution is -0.121. The molecule has 100 valence electrons. The van der Waals surface area contributed by atoms with Gasteiger partial charge in [-0.05, 0) is 31.9 Å². The first-order chi connectivity index (χ1) is 8.54. The lowest BCUT2D eigenvalue weighted by Crippen LogP contribution is -2.34. The van der Waals surface area contributed by atoms with E-state index in [9.17, 15) is 13.6 Å². The second kappa shape index (κ2) is 7.46. The van der Waals surface area contributed by atoms with E-state index >= 15 is 0 Å². The second-order valence-electron chi connectivity index (χ2n) is 4.18. The number of amides is 1. The molecule has 1 aromatic carbocycles. The number of carbonyl (C=O) groups is 1. The van der Waals surface area contributed by atoms with E-state index in [0.717, 1.165) is 30.3 Å². The van der Waals surface area contributed by atoms with Crippen LogP contribution in [-0.4, -0.2) is 17.3 Å². The number of hydrogen-bond acceptors (Lipinski definition) is 1. The lowest BCUT2D eigenvalue weighted by Gasteiger charge is -2.13. The Hall–Kier alpha value is -0.970. The molecule has 0 saturated heterocycles. The first kappa shape index (κ1) is 15.1. The van der Waals surface area contributed by atoms with Crippen molar-refractivity contribution in [2.24, 2.45) is 0 Å². The SMILES string of the molecule is CC(CCCBr)NC(=O)Cc1c(F)cccc1F. The van der Waals surface area contributed by atoms with Crippen molar-refractivity contribution in [3.05, 3.63) is 35.4 Å². The van der Waals surface area contributed by atoms with Crippen molar-refractivity contribution in [1.82, 2.24) is 5.32 Å². The molecule has 0 aliphatic rings. The summed E-state index contributed by atoms with van der Waals surface area (Å²) in [5.74, 6) is -1.72. The first-order valence-electron chi connectivity index (χ1n) is 5.82. The van der Waals surface area contributed by atoms with Crippen molar-refractivity contribution in [3.63, 3.8) is 0 Å². The van der Waals surface area contributed by atoms with Crippen molar-refractivity contribution >= 4 is 21.8 Å². The predicted molar refractivity (Wildman–Crippen MR) is 70.7 cm³/mol. The van der Waals surface area contributed by atoms with Crippen molar-refractivity contribution in [3.8, 4) is 0 Å². The number of nitrogens with one attached hydrogen (secondary N) is 1. The zero-order valence-electron chi connectivity index (χ0n) is 10.2. The molecule has 2 nitrogen and oxygen atoms in total. The Bertz CT molecular complexity index is 392. The zero-order valence-corrected chi connectivity index (χ0v) is 11.8. The van der Waals surface area contributed by atoms with Gasteiger partial charge in [0.25, 0.3) is 0 Å². The van der Waals surface area contributed by atoms with Crippen molar-refractivity contribution in [1.29, 1.82) is 0 Å². The Morgan fingerprint density at radius 2 is 2.00 bits per heavy atom. The minimum Gasteiger partial charge on any atom is -0.353 e. The molecule has 0 saturated carbocycles. The Morgan fingerprint density at radius 3 is 2.56 bits per heavy atom. The van der Waals surface area contributed by atoms with Crippen LogP contribution in [0.5, 0.6) is 0 Å². The maximum absolute atomic E-state index is 13.3. The van der Waals surface area contributed by atoms with E-state index in [1.54, 1.807) is 0 Å². The molecular formula is C13H16BrF2NO. The molecule has 0 radical (unpaired) electrons. The van der Waals surface area contributed by atoms with Crippen LogP contribution in [0.15, 0.2) is 18.2 Å². The molecule has 1 amide bonds. The standard InChI is InChI=1S/C13H16BrF2NO/c1-9(4-3-7-14)17-13(18)8-10-11(15)5-2-6-12(10)16/h2,5-6,9H,3-4,7-8H2,1H3,(H,17,18). The van der Waals surface area contributed by atoms with Crippen LogP contribution >= 0.6 is 15.9 Å². The molecule has 1 rings (SSSR count). The fourth-order valence-corrected chi connectivity index (χ4v) is 1.97. The molecule has 1 unspecified atom stereocenters. The molecule has 0 bridgehead atoms. The molecule has 18 heavy (non-hydrogen) atoms. The van der Waals surface area contributed by atoms with Gasteiger partial charge >= 0.3 is 0 Å². The molecule has 5 heteroatoms. The minimum absolute atomic E-state index is 0.00452. The summed E-state index contributed by atoms with van der Waals surface area (Å²) in [6.45, 7) is 1.87. The van der Waals surface area contributed by atoms with Gasteiger partial charge in [-0.3, -0.25) is 4.79 Å². The van der Waals surface area contributed by atoms with Crippen LogP contribution in [0.3, 0.4) is 0 Å². The molecule has 0 aliphatic carbocycles. The fraction of sp³-hybridized carbons (Fsp3) is 0.462. The van der Waals surface area contributed by atoms with Gasteiger partial charge in [0.15, 0.2) is 0 Å². The molecule has 0 heterocycles. The Labute approximate surface area is 114 Å². The van der Waals surface area contributed by atoms with Crippen LogP contribution in [0.25, 0.3) is 0 Å². The van der Waals surface area contributed by atoms with Crippen LogP contribution in [0, 0.1) is 11.6 Å². The van der Waals surface area contributed by atoms with Crippen LogP contribution < -0.4 is 5.32 Å². The topological polar surface area (TPSA) is 29.1 Å². The predicted octanol–water partition coefficient (Wildman–Crippen LogP) is 3.19. The summed E-state index contributed by atoms with van der Waals surface area (Å²) in [6.07, 6.45) is 1.50. The monoisotopic (exact) mass is 319 g/mol. The molecule has 0 fully saturated rings. The molecule has 1 aromatic rings. The van der Waals surface area contributed by atoms with Crippen LogP contribution in [0.2, 0.25) is 0 Å². The summed E-state index contributed by atoms with van der Waals surface area (Å²) in [6, 6.07) is 3.59. The van der Waals surface area contributed by atoms with Gasteiger partial charge in [-0.1, -0.05) is 22.0 Å². The summed E-state index contributed by atoms with van der Waals surface area (Å²) in [4.78, 5) is 11.6. The normalized spacial score (nSPS) is 12.2. The number of halogens is 3. The fourth-order valence-electron chi connectivity index (χ4n) is 1.64. The third-order valence-corrected chi connectivity index (χ3v) is 3.14. The number of rotatable bonds is 6. The van der Waals surface area contributed by atoms with Gasteiger partial charge < -0.3 is 5.32 Å². The van der Waals surface area contributed by atoms with Crippen LogP contribution in [0.1, 0.15) is 25.3 Å². The van der Waals surface area contributed by atoms with Gasteiger partial charge in [0.05, 0.1) is 6.42 Å². The van der Waals surface area contributed by atoms with Crippen LogP contribution in [-0.2, 0) is 11.2 Å². The molecule has 0 aromatic heterocycles. The average Bonchev–Trinajstić information content (AvgIpc) is 2.31. The van der Waals surface area contributed by atoms with Crippen molar-refractivity contribution in [2.75, 3.05) is 5.33 Å². The highest BCUT2D eigenvalue weighted by Gasteiger charge is 2.14. The van der Waals surface area contributed by atoms with Gasteiger partial charge in [0, 0.05) is 16.9 Å². The number of carbonyl (C=O) groups excluding carboxylic acids is 1. The lowest BCUT2D eigenvalue weighted by atomic mass is 10.1. The second-order valence-corrected chi connectivity index (χ2v) is 4.97. The van der Waals surface area contributed by atoms with Crippen molar-refractivity contribution in [2.45, 2.75) is 32.2 Å². The van der Waals surface area contributed by atoms with E-state index in [4.69, 9.17) is 0 Å². The molecule has 1 N–H and O–H groups in total. The Kier molecular flexibility index (Phi) is 6.25.